The first kappa shape index (κ1) is 24.1. The minimum absolute atomic E-state index is 0.0192. The van der Waals surface area contributed by atoms with Crippen molar-refractivity contribution in [1.29, 1.82) is 0 Å². The van der Waals surface area contributed by atoms with Gasteiger partial charge in [-0.15, -0.1) is 0 Å². The molecule has 0 aliphatic rings. The van der Waals surface area contributed by atoms with E-state index in [0.29, 0.717) is 16.8 Å². The van der Waals surface area contributed by atoms with E-state index in [4.69, 9.17) is 14.2 Å². The number of nitro groups is 1. The molecule has 0 unspecified atom stereocenters. The molecule has 0 aromatic heterocycles. The zero-order valence-electron chi connectivity index (χ0n) is 18.8. The number of methoxy groups -OCH3 is 2. The summed E-state index contributed by atoms with van der Waals surface area (Å²) >= 11 is 0. The molecule has 34 heavy (non-hydrogen) atoms. The number of hydrogen-bond donors (Lipinski definition) is 2. The number of benzene rings is 3. The van der Waals surface area contributed by atoms with Crippen molar-refractivity contribution < 1.29 is 28.7 Å². The topological polar surface area (TPSA) is 129 Å². The van der Waals surface area contributed by atoms with E-state index in [1.165, 1.54) is 38.5 Å². The molecule has 0 atom stereocenters. The van der Waals surface area contributed by atoms with Gasteiger partial charge >= 0.3 is 5.69 Å². The number of nitrogens with zero attached hydrogens (tertiary/aromatic N) is 1. The third-order valence-corrected chi connectivity index (χ3v) is 4.75. The molecule has 0 saturated carbocycles. The number of nitrogens with one attached hydrogen (secondary N) is 2. The van der Waals surface area contributed by atoms with E-state index in [1.807, 2.05) is 0 Å². The van der Waals surface area contributed by atoms with Gasteiger partial charge in [0.25, 0.3) is 11.8 Å². The summed E-state index contributed by atoms with van der Waals surface area (Å²) in [5.74, 6) is -0.384. The van der Waals surface area contributed by atoms with Gasteiger partial charge in [0, 0.05) is 23.8 Å². The first-order valence-electron chi connectivity index (χ1n) is 10.1. The Balaban J connectivity index is 1.75. The van der Waals surface area contributed by atoms with Crippen LogP contribution in [0.25, 0.3) is 0 Å². The van der Waals surface area contributed by atoms with Crippen LogP contribution in [0.3, 0.4) is 0 Å². The van der Waals surface area contributed by atoms with Gasteiger partial charge in [0.05, 0.1) is 30.5 Å². The fraction of sp³-hybridized carbons (Fsp3) is 0.167. The number of hydrogen-bond acceptors (Lipinski definition) is 7. The van der Waals surface area contributed by atoms with Gasteiger partial charge in [0.2, 0.25) is 0 Å². The monoisotopic (exact) mass is 465 g/mol. The second kappa shape index (κ2) is 10.8. The lowest BCUT2D eigenvalue weighted by Gasteiger charge is -2.16. The van der Waals surface area contributed by atoms with E-state index in [-0.39, 0.29) is 34.5 Å². The molecule has 0 aliphatic carbocycles. The summed E-state index contributed by atoms with van der Waals surface area (Å²) < 4.78 is 16.1. The maximum atomic E-state index is 12.5. The van der Waals surface area contributed by atoms with Crippen molar-refractivity contribution in [3.63, 3.8) is 0 Å². The highest BCUT2D eigenvalue weighted by atomic mass is 16.6. The van der Waals surface area contributed by atoms with Crippen molar-refractivity contribution in [3.05, 3.63) is 81.9 Å². The minimum atomic E-state index is -0.573. The molecule has 3 aromatic carbocycles. The molecule has 2 N–H and O–H groups in total. The summed E-state index contributed by atoms with van der Waals surface area (Å²) in [5.41, 5.74) is 1.54. The van der Waals surface area contributed by atoms with Crippen LogP contribution in [0.15, 0.2) is 60.7 Å². The number of ether oxygens (including phenoxy) is 3. The summed E-state index contributed by atoms with van der Waals surface area (Å²) in [7, 11) is 2.83. The second-order valence-electron chi connectivity index (χ2n) is 7.14. The quantitative estimate of drug-likeness (QED) is 0.358. The average Bonchev–Trinajstić information content (AvgIpc) is 2.84. The highest BCUT2D eigenvalue weighted by Gasteiger charge is 2.19. The summed E-state index contributed by atoms with van der Waals surface area (Å²) in [6.45, 7) is 1.25. The Morgan fingerprint density at radius 1 is 0.882 bits per heavy atom. The number of rotatable bonds is 9. The molecule has 0 saturated heterocycles. The maximum absolute atomic E-state index is 12.5. The Morgan fingerprint density at radius 3 is 2.09 bits per heavy atom. The Morgan fingerprint density at radius 2 is 1.50 bits per heavy atom. The van der Waals surface area contributed by atoms with Crippen molar-refractivity contribution in [1.82, 2.24) is 0 Å². The van der Waals surface area contributed by atoms with E-state index >= 15 is 0 Å². The molecule has 10 heteroatoms. The number of carbonyl (C=O) groups excluding carboxylic acids is 2. The average molecular weight is 465 g/mol. The van der Waals surface area contributed by atoms with Gasteiger partial charge in [-0.1, -0.05) is 24.3 Å². The van der Waals surface area contributed by atoms with Crippen LogP contribution >= 0.6 is 0 Å². The van der Waals surface area contributed by atoms with Gasteiger partial charge in [0.15, 0.2) is 12.4 Å². The smallest absolute Gasteiger partial charge is 0.311 e. The molecule has 0 bridgehead atoms. The first-order valence-corrected chi connectivity index (χ1v) is 10.1. The van der Waals surface area contributed by atoms with Gasteiger partial charge in [-0.25, -0.2) is 0 Å². The van der Waals surface area contributed by atoms with Crippen molar-refractivity contribution in [3.8, 4) is 17.2 Å². The van der Waals surface area contributed by atoms with Crippen LogP contribution < -0.4 is 24.8 Å². The van der Waals surface area contributed by atoms with Gasteiger partial charge in [-0.05, 0) is 30.7 Å². The Labute approximate surface area is 195 Å². The Hall–Kier alpha value is -4.60. The normalized spacial score (nSPS) is 10.2. The lowest BCUT2D eigenvalue weighted by Crippen LogP contribution is -2.21. The molecule has 176 valence electrons. The largest absolute Gasteiger partial charge is 0.494 e. The van der Waals surface area contributed by atoms with Gasteiger partial charge < -0.3 is 24.8 Å². The zero-order valence-corrected chi connectivity index (χ0v) is 18.8. The van der Waals surface area contributed by atoms with Crippen LogP contribution in [0.5, 0.6) is 17.2 Å². The van der Waals surface area contributed by atoms with Crippen LogP contribution in [-0.2, 0) is 4.79 Å². The lowest BCUT2D eigenvalue weighted by atomic mass is 10.2. The first-order chi connectivity index (χ1) is 16.3. The van der Waals surface area contributed by atoms with E-state index in [2.05, 4.69) is 10.6 Å². The van der Waals surface area contributed by atoms with Crippen molar-refractivity contribution in [2.24, 2.45) is 0 Å². The molecular formula is C24H23N3O7. The third-order valence-electron chi connectivity index (χ3n) is 4.75. The van der Waals surface area contributed by atoms with Crippen LogP contribution in [0.4, 0.5) is 17.1 Å². The maximum Gasteiger partial charge on any atom is 0.311 e. The fourth-order valence-electron chi connectivity index (χ4n) is 3.10. The molecule has 10 nitrogen and oxygen atoms in total. The number of carbonyl (C=O) groups is 2. The van der Waals surface area contributed by atoms with Crippen LogP contribution in [0, 0.1) is 17.0 Å². The standard InChI is InChI=1S/C24H23N3O7/c1-15-9-10-20(19(11-15)27(30)31)34-14-23(28)25-17-12-22(33-3)18(13-21(17)32-2)26-24(29)16-7-5-4-6-8-16/h4-13H,14H2,1-3H3,(H,25,28)(H,26,29). The molecule has 0 radical (unpaired) electrons. The molecule has 0 fully saturated rings. The highest BCUT2D eigenvalue weighted by molar-refractivity contribution is 6.05. The third kappa shape index (κ3) is 5.80. The molecule has 0 aliphatic heterocycles. The summed E-state index contributed by atoms with van der Waals surface area (Å²) in [6, 6.07) is 16.1. The second-order valence-corrected chi connectivity index (χ2v) is 7.14. The summed E-state index contributed by atoms with van der Waals surface area (Å²) in [6.07, 6.45) is 0. The predicted octanol–water partition coefficient (Wildman–Crippen LogP) is 4.19. The summed E-state index contributed by atoms with van der Waals surface area (Å²) in [5, 5.41) is 16.6. The zero-order chi connectivity index (χ0) is 24.7. The van der Waals surface area contributed by atoms with Crippen LogP contribution in [0.1, 0.15) is 15.9 Å². The molecular weight excluding hydrogens is 442 g/mol. The van der Waals surface area contributed by atoms with Crippen LogP contribution in [-0.4, -0.2) is 37.6 Å². The Kier molecular flexibility index (Phi) is 7.65. The van der Waals surface area contributed by atoms with E-state index < -0.39 is 17.4 Å². The van der Waals surface area contributed by atoms with Gasteiger partial charge in [-0.3, -0.25) is 19.7 Å². The molecule has 3 aromatic rings. The van der Waals surface area contributed by atoms with Crippen molar-refractivity contribution in [2.75, 3.05) is 31.5 Å². The predicted molar refractivity (Wildman–Crippen MR) is 126 cm³/mol. The van der Waals surface area contributed by atoms with Crippen LogP contribution in [0.2, 0.25) is 0 Å². The van der Waals surface area contributed by atoms with E-state index in [9.17, 15) is 19.7 Å². The number of amides is 2. The number of nitro benzene ring substituents is 1. The van der Waals surface area contributed by atoms with Crippen molar-refractivity contribution in [2.45, 2.75) is 6.92 Å². The summed E-state index contributed by atoms with van der Waals surface area (Å²) in [4.78, 5) is 35.7. The van der Waals surface area contributed by atoms with E-state index in [1.54, 1.807) is 43.3 Å². The van der Waals surface area contributed by atoms with Gasteiger partial charge in [-0.2, -0.15) is 0 Å². The van der Waals surface area contributed by atoms with E-state index in [0.717, 1.165) is 0 Å². The molecule has 0 spiro atoms. The minimum Gasteiger partial charge on any atom is -0.494 e. The molecule has 0 heterocycles. The lowest BCUT2D eigenvalue weighted by molar-refractivity contribution is -0.385. The highest BCUT2D eigenvalue weighted by Crippen LogP contribution is 2.37. The SMILES string of the molecule is COc1cc(NC(=O)c2ccccc2)c(OC)cc1NC(=O)COc1ccc(C)cc1[N+](=O)[O-]. The van der Waals surface area contributed by atoms with Crippen molar-refractivity contribution >= 4 is 28.9 Å². The van der Waals surface area contributed by atoms with Gasteiger partial charge in [0.1, 0.15) is 11.5 Å². The number of anilines is 2. The number of aryl methyl sites for hydroxylation is 1. The fourth-order valence-corrected chi connectivity index (χ4v) is 3.10. The Bertz CT molecular complexity index is 1210. The molecule has 2 amide bonds. The molecule has 3 rings (SSSR count).